The molecule has 6 nitrogen and oxygen atoms in total. The van der Waals surface area contributed by atoms with Crippen LogP contribution in [0.4, 0.5) is 5.69 Å². The minimum Gasteiger partial charge on any atom is -0.473 e. The first-order valence-corrected chi connectivity index (χ1v) is 5.16. The van der Waals surface area contributed by atoms with Gasteiger partial charge in [0.05, 0.1) is 4.92 Å². The molecule has 1 heterocycles. The lowest BCUT2D eigenvalue weighted by Gasteiger charge is -2.32. The summed E-state index contributed by atoms with van der Waals surface area (Å²) in [6, 6.07) is 1.39. The Balaban J connectivity index is 2.07. The summed E-state index contributed by atoms with van der Waals surface area (Å²) in [7, 11) is 0. The topological polar surface area (TPSA) is 91.3 Å². The highest BCUT2D eigenvalue weighted by Gasteiger charge is 2.28. The van der Waals surface area contributed by atoms with Crippen LogP contribution in [0.2, 0.25) is 5.02 Å². The van der Waals surface area contributed by atoms with E-state index in [-0.39, 0.29) is 28.7 Å². The molecule has 1 aromatic heterocycles. The van der Waals surface area contributed by atoms with Crippen molar-refractivity contribution in [3.63, 3.8) is 0 Å². The summed E-state index contributed by atoms with van der Waals surface area (Å²) >= 11 is 5.81. The molecule has 1 saturated carbocycles. The van der Waals surface area contributed by atoms with Gasteiger partial charge in [-0.15, -0.1) is 0 Å². The van der Waals surface area contributed by atoms with Crippen molar-refractivity contribution in [1.29, 1.82) is 0 Å². The van der Waals surface area contributed by atoms with E-state index in [9.17, 15) is 10.1 Å². The zero-order valence-corrected chi connectivity index (χ0v) is 9.05. The van der Waals surface area contributed by atoms with Gasteiger partial charge >= 0.3 is 0 Å². The Morgan fingerprint density at radius 3 is 2.81 bits per heavy atom. The maximum absolute atomic E-state index is 10.4. The number of nitrogens with zero attached hydrogens (tertiary/aromatic N) is 2. The second kappa shape index (κ2) is 4.23. The van der Waals surface area contributed by atoms with Crippen LogP contribution in [0.5, 0.6) is 5.88 Å². The van der Waals surface area contributed by atoms with E-state index in [1.165, 1.54) is 6.07 Å². The molecule has 0 aliphatic heterocycles. The summed E-state index contributed by atoms with van der Waals surface area (Å²) in [4.78, 5) is 13.7. The Morgan fingerprint density at radius 2 is 2.31 bits per heavy atom. The zero-order chi connectivity index (χ0) is 11.7. The fourth-order valence-electron chi connectivity index (χ4n) is 1.46. The molecule has 0 unspecified atom stereocenters. The predicted octanol–water partition coefficient (Wildman–Crippen LogP) is 1.51. The number of ether oxygens (including phenoxy) is 1. The molecule has 16 heavy (non-hydrogen) atoms. The van der Waals surface area contributed by atoms with Crippen molar-refractivity contribution in [1.82, 2.24) is 4.98 Å². The van der Waals surface area contributed by atoms with E-state index in [1.54, 1.807) is 0 Å². The second-order valence-corrected chi connectivity index (χ2v) is 4.12. The van der Waals surface area contributed by atoms with Crippen LogP contribution in [0, 0.1) is 10.1 Å². The number of rotatable bonds is 3. The highest BCUT2D eigenvalue weighted by molar-refractivity contribution is 6.32. The van der Waals surface area contributed by atoms with E-state index < -0.39 is 4.92 Å². The van der Waals surface area contributed by atoms with Crippen LogP contribution < -0.4 is 10.5 Å². The van der Waals surface area contributed by atoms with Gasteiger partial charge in [0.2, 0.25) is 5.88 Å². The van der Waals surface area contributed by atoms with E-state index in [4.69, 9.17) is 22.1 Å². The lowest BCUT2D eigenvalue weighted by atomic mass is 9.90. The van der Waals surface area contributed by atoms with Crippen molar-refractivity contribution >= 4 is 17.3 Å². The summed E-state index contributed by atoms with van der Waals surface area (Å²) in [5.41, 5.74) is 5.45. The van der Waals surface area contributed by atoms with Gasteiger partial charge in [-0.1, -0.05) is 11.6 Å². The molecule has 0 aromatic carbocycles. The quantitative estimate of drug-likeness (QED) is 0.642. The van der Waals surface area contributed by atoms with Crippen molar-refractivity contribution in [2.75, 3.05) is 0 Å². The van der Waals surface area contributed by atoms with Crippen molar-refractivity contribution in [2.45, 2.75) is 25.0 Å². The number of hydrogen-bond donors (Lipinski definition) is 1. The van der Waals surface area contributed by atoms with E-state index in [0.717, 1.165) is 19.0 Å². The molecule has 0 atom stereocenters. The van der Waals surface area contributed by atoms with E-state index in [2.05, 4.69) is 4.98 Å². The summed E-state index contributed by atoms with van der Waals surface area (Å²) in [6.45, 7) is 0. The van der Waals surface area contributed by atoms with Crippen LogP contribution in [0.25, 0.3) is 0 Å². The molecule has 1 aromatic rings. The summed E-state index contributed by atoms with van der Waals surface area (Å²) in [5, 5.41) is 10.6. The van der Waals surface area contributed by atoms with Gasteiger partial charge < -0.3 is 10.5 Å². The van der Waals surface area contributed by atoms with E-state index in [1.807, 2.05) is 0 Å². The maximum Gasteiger partial charge on any atom is 0.289 e. The van der Waals surface area contributed by atoms with Crippen LogP contribution in [-0.4, -0.2) is 22.1 Å². The smallest absolute Gasteiger partial charge is 0.289 e. The standard InChI is InChI=1S/C9H10ClN3O3/c10-8-3-6(13(14)15)4-12-9(8)16-7-1-5(11)2-7/h3-5,7H,1-2,11H2. The molecule has 0 radical (unpaired) electrons. The van der Waals surface area contributed by atoms with E-state index >= 15 is 0 Å². The van der Waals surface area contributed by atoms with Gasteiger partial charge in [-0.25, -0.2) is 4.98 Å². The third-order valence-corrected chi connectivity index (χ3v) is 2.68. The molecule has 0 spiro atoms. The molecule has 2 rings (SSSR count). The molecular weight excluding hydrogens is 234 g/mol. The number of halogens is 1. The molecular formula is C9H10ClN3O3. The monoisotopic (exact) mass is 243 g/mol. The first kappa shape index (κ1) is 11.1. The first-order valence-electron chi connectivity index (χ1n) is 4.78. The molecule has 0 saturated heterocycles. The van der Waals surface area contributed by atoms with Gasteiger partial charge in [0, 0.05) is 12.1 Å². The zero-order valence-electron chi connectivity index (χ0n) is 8.30. The Bertz CT molecular complexity index is 420. The van der Waals surface area contributed by atoms with Gasteiger partial charge in [-0.05, 0) is 12.8 Å². The lowest BCUT2D eigenvalue weighted by molar-refractivity contribution is -0.385. The highest BCUT2D eigenvalue weighted by Crippen LogP contribution is 2.30. The largest absolute Gasteiger partial charge is 0.473 e. The first-order chi connectivity index (χ1) is 7.56. The molecule has 1 aliphatic rings. The number of aromatic nitrogens is 1. The van der Waals surface area contributed by atoms with Gasteiger partial charge in [-0.2, -0.15) is 0 Å². The third-order valence-electron chi connectivity index (χ3n) is 2.41. The Hall–Kier alpha value is -1.40. The Labute approximate surface area is 96.5 Å². The summed E-state index contributed by atoms with van der Waals surface area (Å²) in [6.07, 6.45) is 2.66. The number of nitro groups is 1. The van der Waals surface area contributed by atoms with Gasteiger partial charge in [0.1, 0.15) is 17.3 Å². The Kier molecular flexibility index (Phi) is 2.93. The summed E-state index contributed by atoms with van der Waals surface area (Å²) in [5.74, 6) is 0.226. The minimum atomic E-state index is -0.554. The van der Waals surface area contributed by atoms with E-state index in [0.29, 0.717) is 0 Å². The minimum absolute atomic E-state index is 0.0152. The molecule has 1 fully saturated rings. The van der Waals surface area contributed by atoms with Crippen molar-refractivity contribution in [3.05, 3.63) is 27.4 Å². The van der Waals surface area contributed by atoms with Crippen LogP contribution in [0.3, 0.4) is 0 Å². The average Bonchev–Trinajstić information content (AvgIpc) is 2.18. The van der Waals surface area contributed by atoms with Crippen LogP contribution in [-0.2, 0) is 0 Å². The molecule has 0 bridgehead atoms. The Morgan fingerprint density at radius 1 is 1.62 bits per heavy atom. The fourth-order valence-corrected chi connectivity index (χ4v) is 1.67. The highest BCUT2D eigenvalue weighted by atomic mass is 35.5. The molecule has 0 amide bonds. The van der Waals surface area contributed by atoms with Gasteiger partial charge in [0.25, 0.3) is 5.69 Å². The normalized spacial score (nSPS) is 23.6. The van der Waals surface area contributed by atoms with Crippen molar-refractivity contribution < 1.29 is 9.66 Å². The fraction of sp³-hybridized carbons (Fsp3) is 0.444. The van der Waals surface area contributed by atoms with Crippen molar-refractivity contribution in [3.8, 4) is 5.88 Å². The predicted molar refractivity (Wildman–Crippen MR) is 57.5 cm³/mol. The van der Waals surface area contributed by atoms with Crippen LogP contribution in [0.15, 0.2) is 12.3 Å². The second-order valence-electron chi connectivity index (χ2n) is 3.71. The maximum atomic E-state index is 10.4. The number of hydrogen-bond acceptors (Lipinski definition) is 5. The molecule has 7 heteroatoms. The number of nitrogens with two attached hydrogens (primary N) is 1. The van der Waals surface area contributed by atoms with Crippen LogP contribution >= 0.6 is 11.6 Å². The molecule has 86 valence electrons. The van der Waals surface area contributed by atoms with Crippen molar-refractivity contribution in [2.24, 2.45) is 5.73 Å². The van der Waals surface area contributed by atoms with Gasteiger partial charge in [-0.3, -0.25) is 10.1 Å². The molecule has 2 N–H and O–H groups in total. The SMILES string of the molecule is NC1CC(Oc2ncc([N+](=O)[O-])cc2Cl)C1. The summed E-state index contributed by atoms with van der Waals surface area (Å²) < 4.78 is 5.44. The average molecular weight is 244 g/mol. The lowest BCUT2D eigenvalue weighted by Crippen LogP contribution is -2.43. The van der Waals surface area contributed by atoms with Gasteiger partial charge in [0.15, 0.2) is 0 Å². The third kappa shape index (κ3) is 2.23. The molecule has 1 aliphatic carbocycles. The number of pyridine rings is 1. The van der Waals surface area contributed by atoms with Crippen LogP contribution in [0.1, 0.15) is 12.8 Å².